The van der Waals surface area contributed by atoms with Gasteiger partial charge in [0.05, 0.1) is 24.1 Å². The van der Waals surface area contributed by atoms with E-state index in [0.29, 0.717) is 11.3 Å². The zero-order valence-electron chi connectivity index (χ0n) is 13.5. The number of hydrogen-bond donors (Lipinski definition) is 1. The van der Waals surface area contributed by atoms with E-state index in [4.69, 9.17) is 0 Å². The predicted molar refractivity (Wildman–Crippen MR) is 87.9 cm³/mol. The van der Waals surface area contributed by atoms with Crippen molar-refractivity contribution in [2.24, 2.45) is 0 Å². The van der Waals surface area contributed by atoms with Crippen LogP contribution in [0.15, 0.2) is 43.0 Å². The number of anilines is 1. The minimum absolute atomic E-state index is 0.189. The van der Waals surface area contributed by atoms with E-state index < -0.39 is 0 Å². The maximum atomic E-state index is 12.3. The number of carbonyl (C=O) groups is 1. The lowest BCUT2D eigenvalue weighted by atomic mass is 10.2. The Morgan fingerprint density at radius 2 is 2.04 bits per heavy atom. The highest BCUT2D eigenvalue weighted by Gasteiger charge is 2.08. The van der Waals surface area contributed by atoms with E-state index in [1.807, 2.05) is 20.3 Å². The number of benzene rings is 1. The third-order valence-corrected chi connectivity index (χ3v) is 3.41. The van der Waals surface area contributed by atoms with Crippen molar-refractivity contribution < 1.29 is 4.79 Å². The van der Waals surface area contributed by atoms with E-state index in [1.165, 1.54) is 11.0 Å². The van der Waals surface area contributed by atoms with E-state index in [-0.39, 0.29) is 5.91 Å². The molecule has 9 nitrogen and oxygen atoms in total. The Morgan fingerprint density at radius 3 is 2.71 bits per heavy atom. The molecular formula is C15H18N8O. The van der Waals surface area contributed by atoms with Crippen LogP contribution in [-0.4, -0.2) is 61.4 Å². The summed E-state index contributed by atoms with van der Waals surface area (Å²) in [6, 6.07) is 7.02. The number of hydrogen-bond acceptors (Lipinski definition) is 6. The molecule has 1 aromatic carbocycles. The Bertz CT molecular complexity index is 791. The molecule has 3 rings (SSSR count). The van der Waals surface area contributed by atoms with Gasteiger partial charge in [-0.2, -0.15) is 5.10 Å². The molecular weight excluding hydrogens is 308 g/mol. The summed E-state index contributed by atoms with van der Waals surface area (Å²) in [5.41, 5.74) is 2.00. The van der Waals surface area contributed by atoms with Gasteiger partial charge in [-0.25, -0.2) is 4.68 Å². The minimum atomic E-state index is -0.189. The number of nitrogens with zero attached hydrogens (tertiary/aromatic N) is 7. The fraction of sp³-hybridized carbons (Fsp3) is 0.267. The van der Waals surface area contributed by atoms with Crippen molar-refractivity contribution in [3.8, 4) is 5.69 Å². The molecule has 24 heavy (non-hydrogen) atoms. The number of rotatable bonds is 6. The first-order chi connectivity index (χ1) is 11.6. The van der Waals surface area contributed by atoms with Crippen LogP contribution in [0.3, 0.4) is 0 Å². The molecule has 0 aliphatic rings. The van der Waals surface area contributed by atoms with Crippen molar-refractivity contribution in [1.82, 2.24) is 34.9 Å². The summed E-state index contributed by atoms with van der Waals surface area (Å²) in [4.78, 5) is 14.4. The molecule has 0 spiro atoms. The predicted octanol–water partition coefficient (Wildman–Crippen LogP) is 0.673. The first-order valence-electron chi connectivity index (χ1n) is 7.44. The van der Waals surface area contributed by atoms with Crippen molar-refractivity contribution in [2.75, 3.05) is 26.0 Å². The molecule has 0 bridgehead atoms. The van der Waals surface area contributed by atoms with Crippen LogP contribution in [-0.2, 0) is 6.54 Å². The number of nitrogens with one attached hydrogen (secondary N) is 1. The number of aromatic nitrogens is 6. The molecule has 0 atom stereocenters. The second kappa shape index (κ2) is 7.01. The van der Waals surface area contributed by atoms with Crippen LogP contribution < -0.4 is 5.32 Å². The number of likely N-dealkylation sites (N-methyl/N-ethyl adjacent to an activating group) is 1. The van der Waals surface area contributed by atoms with E-state index in [2.05, 4.69) is 30.8 Å². The molecule has 2 heterocycles. The molecule has 2 aromatic heterocycles. The highest BCUT2D eigenvalue weighted by atomic mass is 16.1. The molecule has 9 heteroatoms. The molecule has 124 valence electrons. The lowest BCUT2D eigenvalue weighted by Gasteiger charge is -2.08. The maximum Gasteiger partial charge on any atom is 0.255 e. The van der Waals surface area contributed by atoms with Gasteiger partial charge in [-0.3, -0.25) is 9.48 Å². The molecule has 0 fully saturated rings. The highest BCUT2D eigenvalue weighted by molar-refractivity contribution is 6.04. The monoisotopic (exact) mass is 326 g/mol. The Kier molecular flexibility index (Phi) is 4.62. The maximum absolute atomic E-state index is 12.3. The zero-order valence-corrected chi connectivity index (χ0v) is 13.5. The Balaban J connectivity index is 1.62. The highest BCUT2D eigenvalue weighted by Crippen LogP contribution is 2.11. The van der Waals surface area contributed by atoms with Gasteiger partial charge in [0, 0.05) is 18.3 Å². The quantitative estimate of drug-likeness (QED) is 0.716. The Morgan fingerprint density at radius 1 is 1.25 bits per heavy atom. The van der Waals surface area contributed by atoms with Gasteiger partial charge in [0.1, 0.15) is 6.33 Å². The third kappa shape index (κ3) is 3.82. The van der Waals surface area contributed by atoms with Gasteiger partial charge in [0.2, 0.25) is 0 Å². The van der Waals surface area contributed by atoms with Crippen LogP contribution in [0.1, 0.15) is 10.4 Å². The molecule has 0 unspecified atom stereocenters. The van der Waals surface area contributed by atoms with Crippen LogP contribution >= 0.6 is 0 Å². The summed E-state index contributed by atoms with van der Waals surface area (Å²) in [6.07, 6.45) is 4.96. The van der Waals surface area contributed by atoms with Gasteiger partial charge >= 0.3 is 0 Å². The van der Waals surface area contributed by atoms with Gasteiger partial charge < -0.3 is 10.2 Å². The molecule has 0 saturated carbocycles. The molecule has 1 N–H and O–H groups in total. The van der Waals surface area contributed by atoms with Gasteiger partial charge in [-0.1, -0.05) is 0 Å². The van der Waals surface area contributed by atoms with Crippen molar-refractivity contribution in [1.29, 1.82) is 0 Å². The molecule has 3 aromatic rings. The van der Waals surface area contributed by atoms with Crippen LogP contribution in [0.4, 0.5) is 5.69 Å². The normalized spacial score (nSPS) is 11.0. The topological polar surface area (TPSA) is 93.8 Å². The average Bonchev–Trinajstić information content (AvgIpc) is 3.25. The third-order valence-electron chi connectivity index (χ3n) is 3.41. The summed E-state index contributed by atoms with van der Waals surface area (Å²) in [5, 5.41) is 18.0. The average molecular weight is 326 g/mol. The van der Waals surface area contributed by atoms with Gasteiger partial charge in [0.15, 0.2) is 0 Å². The number of tetrazole rings is 1. The molecule has 1 amide bonds. The van der Waals surface area contributed by atoms with Crippen LogP contribution in [0.5, 0.6) is 0 Å². The number of carbonyl (C=O) groups excluding carboxylic acids is 1. The van der Waals surface area contributed by atoms with E-state index in [9.17, 15) is 4.79 Å². The minimum Gasteiger partial charge on any atom is -0.319 e. The first kappa shape index (κ1) is 15.8. The zero-order chi connectivity index (χ0) is 16.9. The lowest BCUT2D eigenvalue weighted by Crippen LogP contribution is -2.18. The van der Waals surface area contributed by atoms with E-state index >= 15 is 0 Å². The Labute approximate surface area is 138 Å². The second-order valence-electron chi connectivity index (χ2n) is 5.55. The summed E-state index contributed by atoms with van der Waals surface area (Å²) < 4.78 is 3.33. The summed E-state index contributed by atoms with van der Waals surface area (Å²) in [5.74, 6) is -0.189. The van der Waals surface area contributed by atoms with Crippen LogP contribution in [0.25, 0.3) is 5.69 Å². The lowest BCUT2D eigenvalue weighted by molar-refractivity contribution is 0.102. The van der Waals surface area contributed by atoms with Gasteiger partial charge in [0.25, 0.3) is 5.91 Å². The van der Waals surface area contributed by atoms with E-state index in [1.54, 1.807) is 35.1 Å². The Hall–Kier alpha value is -3.07. The van der Waals surface area contributed by atoms with Crippen molar-refractivity contribution in [2.45, 2.75) is 6.54 Å². The SMILES string of the molecule is CN(C)CCn1cc(NC(=O)c2ccc(-n3cnnn3)cc2)cn1. The molecule has 0 aliphatic heterocycles. The van der Waals surface area contributed by atoms with Gasteiger partial charge in [-0.05, 0) is 48.8 Å². The number of amides is 1. The molecule has 0 saturated heterocycles. The van der Waals surface area contributed by atoms with Crippen LogP contribution in [0.2, 0.25) is 0 Å². The van der Waals surface area contributed by atoms with Crippen molar-refractivity contribution >= 4 is 11.6 Å². The largest absolute Gasteiger partial charge is 0.319 e. The fourth-order valence-electron chi connectivity index (χ4n) is 2.10. The van der Waals surface area contributed by atoms with Crippen LogP contribution in [0, 0.1) is 0 Å². The second-order valence-corrected chi connectivity index (χ2v) is 5.55. The molecule has 0 radical (unpaired) electrons. The van der Waals surface area contributed by atoms with Gasteiger partial charge in [-0.15, -0.1) is 5.10 Å². The summed E-state index contributed by atoms with van der Waals surface area (Å²) >= 11 is 0. The summed E-state index contributed by atoms with van der Waals surface area (Å²) in [6.45, 7) is 1.65. The van der Waals surface area contributed by atoms with E-state index in [0.717, 1.165) is 18.8 Å². The van der Waals surface area contributed by atoms with Crippen molar-refractivity contribution in [3.63, 3.8) is 0 Å². The first-order valence-corrected chi connectivity index (χ1v) is 7.44. The fourth-order valence-corrected chi connectivity index (χ4v) is 2.10. The standard InChI is InChI=1S/C15H18N8O/c1-21(2)7-8-22-10-13(9-17-22)18-15(24)12-3-5-14(6-4-12)23-11-16-19-20-23/h3-6,9-11H,7-8H2,1-2H3,(H,18,24). The molecule has 0 aliphatic carbocycles. The smallest absolute Gasteiger partial charge is 0.255 e. The summed E-state index contributed by atoms with van der Waals surface area (Å²) in [7, 11) is 4.01. The van der Waals surface area contributed by atoms with Crippen molar-refractivity contribution in [3.05, 3.63) is 48.5 Å².